The molecule has 1 aromatic heterocycles. The number of piperidine rings is 1. The van der Waals surface area contributed by atoms with Gasteiger partial charge in [-0.3, -0.25) is 4.79 Å². The largest absolute Gasteiger partial charge is 0.465 e. The molecule has 0 radical (unpaired) electrons. The summed E-state index contributed by atoms with van der Waals surface area (Å²) in [5.41, 5.74) is -0.624. The highest BCUT2D eigenvalue weighted by Crippen LogP contribution is 2.21. The maximum atomic E-state index is 11.8. The average Bonchev–Trinajstić information content (AvgIpc) is 2.78. The molecule has 2 heterocycles. The second kappa shape index (κ2) is 4.75. The number of rotatable bonds is 2. The lowest BCUT2D eigenvalue weighted by atomic mass is 9.94. The van der Waals surface area contributed by atoms with E-state index in [0.29, 0.717) is 31.7 Å². The van der Waals surface area contributed by atoms with Crippen molar-refractivity contribution in [1.29, 1.82) is 0 Å². The maximum absolute atomic E-state index is 11.8. The molecule has 1 aromatic rings. The zero-order chi connectivity index (χ0) is 12.3. The summed E-state index contributed by atoms with van der Waals surface area (Å²) < 4.78 is 5.11. The molecule has 0 saturated carbocycles. The number of aliphatic hydroxyl groups is 1. The average molecular weight is 235 g/mol. The summed E-state index contributed by atoms with van der Waals surface area (Å²) in [6, 6.07) is 3.58. The van der Waals surface area contributed by atoms with E-state index in [0.717, 1.165) is 0 Å². The van der Waals surface area contributed by atoms with Crippen LogP contribution in [0.1, 0.15) is 25.5 Å². The standard InChI is InChI=1S/C13H17NO3/c1-13(16)6-8-14(9-7-13)12(15)5-4-11-3-2-10-17-11/h2-5,10,16H,6-9H2,1H3/b5-4+. The molecule has 1 fully saturated rings. The number of furan rings is 1. The number of amides is 1. The van der Waals surface area contributed by atoms with Crippen molar-refractivity contribution >= 4 is 12.0 Å². The Morgan fingerprint density at radius 3 is 2.82 bits per heavy atom. The summed E-state index contributed by atoms with van der Waals surface area (Å²) in [4.78, 5) is 13.6. The van der Waals surface area contributed by atoms with Crippen LogP contribution in [0.3, 0.4) is 0 Å². The third-order valence-electron chi connectivity index (χ3n) is 3.09. The van der Waals surface area contributed by atoms with Crippen LogP contribution in [-0.2, 0) is 4.79 Å². The Bertz CT molecular complexity index is 396. The molecule has 0 atom stereocenters. The molecule has 2 rings (SSSR count). The number of carbonyl (C=O) groups excluding carboxylic acids is 1. The molecule has 4 heteroatoms. The van der Waals surface area contributed by atoms with Crippen molar-refractivity contribution in [2.24, 2.45) is 0 Å². The molecule has 1 N–H and O–H groups in total. The van der Waals surface area contributed by atoms with Crippen molar-refractivity contribution in [2.45, 2.75) is 25.4 Å². The van der Waals surface area contributed by atoms with Crippen molar-refractivity contribution < 1.29 is 14.3 Å². The lowest BCUT2D eigenvalue weighted by Crippen LogP contribution is -2.44. The fraction of sp³-hybridized carbons (Fsp3) is 0.462. The van der Waals surface area contributed by atoms with Crippen LogP contribution in [-0.4, -0.2) is 34.6 Å². The first-order valence-electron chi connectivity index (χ1n) is 5.80. The molecule has 92 valence electrons. The van der Waals surface area contributed by atoms with E-state index in [1.165, 1.54) is 6.08 Å². The van der Waals surface area contributed by atoms with Gasteiger partial charge in [0.05, 0.1) is 11.9 Å². The highest BCUT2D eigenvalue weighted by Gasteiger charge is 2.28. The smallest absolute Gasteiger partial charge is 0.246 e. The fourth-order valence-corrected chi connectivity index (χ4v) is 1.85. The molecule has 4 nitrogen and oxygen atoms in total. The van der Waals surface area contributed by atoms with Gasteiger partial charge in [0.1, 0.15) is 5.76 Å². The van der Waals surface area contributed by atoms with E-state index in [2.05, 4.69) is 0 Å². The summed E-state index contributed by atoms with van der Waals surface area (Å²) in [6.07, 6.45) is 6.01. The summed E-state index contributed by atoms with van der Waals surface area (Å²) >= 11 is 0. The van der Waals surface area contributed by atoms with Crippen LogP contribution < -0.4 is 0 Å². The van der Waals surface area contributed by atoms with Crippen molar-refractivity contribution in [3.8, 4) is 0 Å². The minimum Gasteiger partial charge on any atom is -0.465 e. The lowest BCUT2D eigenvalue weighted by Gasteiger charge is -2.35. The second-order valence-electron chi connectivity index (χ2n) is 4.67. The Balaban J connectivity index is 1.89. The molecule has 17 heavy (non-hydrogen) atoms. The van der Waals surface area contributed by atoms with E-state index in [-0.39, 0.29) is 5.91 Å². The monoisotopic (exact) mass is 235 g/mol. The van der Waals surface area contributed by atoms with Gasteiger partial charge in [-0.15, -0.1) is 0 Å². The van der Waals surface area contributed by atoms with Gasteiger partial charge >= 0.3 is 0 Å². The van der Waals surface area contributed by atoms with Gasteiger partial charge in [-0.05, 0) is 38.0 Å². The molecule has 0 unspecified atom stereocenters. The Kier molecular flexibility index (Phi) is 3.33. The van der Waals surface area contributed by atoms with Gasteiger partial charge in [0.15, 0.2) is 0 Å². The van der Waals surface area contributed by atoms with Crippen molar-refractivity contribution in [3.63, 3.8) is 0 Å². The molecule has 1 amide bonds. The Morgan fingerprint density at radius 2 is 2.24 bits per heavy atom. The maximum Gasteiger partial charge on any atom is 0.246 e. The first-order valence-corrected chi connectivity index (χ1v) is 5.80. The van der Waals surface area contributed by atoms with Crippen molar-refractivity contribution in [2.75, 3.05) is 13.1 Å². The van der Waals surface area contributed by atoms with Crippen LogP contribution in [0.4, 0.5) is 0 Å². The highest BCUT2D eigenvalue weighted by molar-refractivity contribution is 5.91. The van der Waals surface area contributed by atoms with Gasteiger partial charge in [-0.25, -0.2) is 0 Å². The van der Waals surface area contributed by atoms with Crippen LogP contribution in [0, 0.1) is 0 Å². The zero-order valence-corrected chi connectivity index (χ0v) is 9.93. The second-order valence-corrected chi connectivity index (χ2v) is 4.67. The van der Waals surface area contributed by atoms with Gasteiger partial charge in [0, 0.05) is 19.2 Å². The number of nitrogens with zero attached hydrogens (tertiary/aromatic N) is 1. The topological polar surface area (TPSA) is 53.7 Å². The number of likely N-dealkylation sites (tertiary alicyclic amines) is 1. The van der Waals surface area contributed by atoms with Crippen LogP contribution in [0.15, 0.2) is 28.9 Å². The van der Waals surface area contributed by atoms with E-state index >= 15 is 0 Å². The fourth-order valence-electron chi connectivity index (χ4n) is 1.85. The van der Waals surface area contributed by atoms with Gasteiger partial charge in [0.25, 0.3) is 0 Å². The third kappa shape index (κ3) is 3.20. The lowest BCUT2D eigenvalue weighted by molar-refractivity contribution is -0.129. The first-order chi connectivity index (χ1) is 8.07. The van der Waals surface area contributed by atoms with Gasteiger partial charge in [0.2, 0.25) is 5.91 Å². The predicted molar refractivity (Wildman–Crippen MR) is 64.2 cm³/mol. The molecule has 1 aliphatic rings. The van der Waals surface area contributed by atoms with Crippen LogP contribution in [0.25, 0.3) is 6.08 Å². The predicted octanol–water partition coefficient (Wildman–Crippen LogP) is 1.67. The first kappa shape index (κ1) is 11.9. The Morgan fingerprint density at radius 1 is 1.53 bits per heavy atom. The van der Waals surface area contributed by atoms with Crippen LogP contribution >= 0.6 is 0 Å². The van der Waals surface area contributed by atoms with E-state index in [1.807, 2.05) is 6.92 Å². The van der Waals surface area contributed by atoms with E-state index in [9.17, 15) is 9.90 Å². The Hall–Kier alpha value is -1.55. The summed E-state index contributed by atoms with van der Waals surface area (Å²) in [6.45, 7) is 3.02. The summed E-state index contributed by atoms with van der Waals surface area (Å²) in [5, 5.41) is 9.78. The Labute approximate surface area is 101 Å². The van der Waals surface area contributed by atoms with E-state index < -0.39 is 5.60 Å². The minimum absolute atomic E-state index is 0.0306. The summed E-state index contributed by atoms with van der Waals surface area (Å²) in [5.74, 6) is 0.638. The molecule has 0 spiro atoms. The normalized spacial score (nSPS) is 19.8. The SMILES string of the molecule is CC1(O)CCN(C(=O)/C=C/c2ccco2)CC1. The van der Waals surface area contributed by atoms with Crippen molar-refractivity contribution in [1.82, 2.24) is 4.90 Å². The molecular weight excluding hydrogens is 218 g/mol. The number of hydrogen-bond donors (Lipinski definition) is 1. The molecule has 0 aromatic carbocycles. The quantitative estimate of drug-likeness (QED) is 0.793. The molecule has 0 bridgehead atoms. The number of hydrogen-bond acceptors (Lipinski definition) is 3. The van der Waals surface area contributed by atoms with E-state index in [1.54, 1.807) is 29.4 Å². The van der Waals surface area contributed by atoms with Crippen LogP contribution in [0.5, 0.6) is 0 Å². The van der Waals surface area contributed by atoms with E-state index in [4.69, 9.17) is 4.42 Å². The van der Waals surface area contributed by atoms with Crippen molar-refractivity contribution in [3.05, 3.63) is 30.2 Å². The molecule has 1 saturated heterocycles. The highest BCUT2D eigenvalue weighted by atomic mass is 16.3. The van der Waals surface area contributed by atoms with Gasteiger partial charge < -0.3 is 14.4 Å². The minimum atomic E-state index is -0.624. The third-order valence-corrected chi connectivity index (χ3v) is 3.09. The van der Waals surface area contributed by atoms with Crippen LogP contribution in [0.2, 0.25) is 0 Å². The molecular formula is C13H17NO3. The van der Waals surface area contributed by atoms with Gasteiger partial charge in [-0.2, -0.15) is 0 Å². The molecule has 0 aliphatic carbocycles. The zero-order valence-electron chi connectivity index (χ0n) is 9.93. The van der Waals surface area contributed by atoms with Gasteiger partial charge in [-0.1, -0.05) is 0 Å². The molecule has 1 aliphatic heterocycles. The summed E-state index contributed by atoms with van der Waals surface area (Å²) in [7, 11) is 0. The number of carbonyl (C=O) groups is 1.